The van der Waals surface area contributed by atoms with Crippen molar-refractivity contribution in [3.05, 3.63) is 75.8 Å². The lowest BCUT2D eigenvalue weighted by atomic mass is 9.99. The average Bonchev–Trinajstić information content (AvgIpc) is 2.61. The molecule has 26 heavy (non-hydrogen) atoms. The first-order valence-electron chi connectivity index (χ1n) is 7.57. The molecule has 1 aromatic carbocycles. The number of aromatic amines is 1. The summed E-state index contributed by atoms with van der Waals surface area (Å²) in [5, 5.41) is 9.20. The van der Waals surface area contributed by atoms with E-state index in [0.717, 1.165) is 12.3 Å². The molecular formula is C19H12F3N3O. The molecule has 0 spiro atoms. The molecule has 7 heteroatoms. The Hall–Kier alpha value is -3.40. The van der Waals surface area contributed by atoms with E-state index in [1.807, 2.05) is 6.07 Å². The number of rotatable bonds is 2. The van der Waals surface area contributed by atoms with Gasteiger partial charge in [0, 0.05) is 23.0 Å². The smallest absolute Gasteiger partial charge is 0.325 e. The summed E-state index contributed by atoms with van der Waals surface area (Å²) in [6, 6.07) is 12.6. The predicted molar refractivity (Wildman–Crippen MR) is 90.2 cm³/mol. The van der Waals surface area contributed by atoms with Crippen molar-refractivity contribution in [1.82, 2.24) is 9.97 Å². The summed E-state index contributed by atoms with van der Waals surface area (Å²) in [4.78, 5) is 18.3. The third-order valence-electron chi connectivity index (χ3n) is 3.86. The van der Waals surface area contributed by atoms with Crippen molar-refractivity contribution >= 4 is 0 Å². The lowest BCUT2D eigenvalue weighted by molar-refractivity contribution is -0.137. The number of alkyl halides is 3. The van der Waals surface area contributed by atoms with Crippen molar-refractivity contribution in [1.29, 1.82) is 5.26 Å². The number of aryl methyl sites for hydroxylation is 1. The van der Waals surface area contributed by atoms with Gasteiger partial charge in [0.15, 0.2) is 0 Å². The number of halogens is 3. The summed E-state index contributed by atoms with van der Waals surface area (Å²) < 4.78 is 37.8. The van der Waals surface area contributed by atoms with E-state index in [0.29, 0.717) is 28.1 Å². The molecule has 0 bridgehead atoms. The first kappa shape index (κ1) is 17.4. The second-order valence-electron chi connectivity index (χ2n) is 5.69. The van der Waals surface area contributed by atoms with Crippen LogP contribution in [0.15, 0.2) is 53.5 Å². The molecule has 0 aliphatic heterocycles. The molecule has 0 aliphatic carbocycles. The summed E-state index contributed by atoms with van der Waals surface area (Å²) in [6.07, 6.45) is -3.64. The summed E-state index contributed by atoms with van der Waals surface area (Å²) in [6.45, 7) is 1.71. The molecule has 0 aliphatic rings. The van der Waals surface area contributed by atoms with Crippen molar-refractivity contribution in [2.24, 2.45) is 0 Å². The number of nitrogens with one attached hydrogen (secondary N) is 1. The molecule has 0 radical (unpaired) electrons. The van der Waals surface area contributed by atoms with E-state index in [9.17, 15) is 23.2 Å². The summed E-state index contributed by atoms with van der Waals surface area (Å²) in [5.41, 5.74) is 1.54. The molecule has 0 unspecified atom stereocenters. The van der Waals surface area contributed by atoms with E-state index < -0.39 is 17.3 Å². The van der Waals surface area contributed by atoms with Gasteiger partial charge in [0.25, 0.3) is 5.56 Å². The van der Waals surface area contributed by atoms with Gasteiger partial charge >= 0.3 is 6.18 Å². The van der Waals surface area contributed by atoms with Crippen molar-refractivity contribution in [3.8, 4) is 28.5 Å². The van der Waals surface area contributed by atoms with Crippen LogP contribution >= 0.6 is 0 Å². The summed E-state index contributed by atoms with van der Waals surface area (Å²) in [5.74, 6) is 0. The second-order valence-corrected chi connectivity index (χ2v) is 5.69. The van der Waals surface area contributed by atoms with E-state index in [1.54, 1.807) is 37.3 Å². The highest BCUT2D eigenvalue weighted by Crippen LogP contribution is 2.30. The molecule has 0 fully saturated rings. The minimum Gasteiger partial charge on any atom is -0.325 e. The van der Waals surface area contributed by atoms with Gasteiger partial charge in [0.05, 0.1) is 11.3 Å². The van der Waals surface area contributed by atoms with E-state index >= 15 is 0 Å². The molecule has 3 aromatic rings. The topological polar surface area (TPSA) is 69.5 Å². The lowest BCUT2D eigenvalue weighted by Crippen LogP contribution is -2.12. The van der Waals surface area contributed by atoms with Gasteiger partial charge in [-0.2, -0.15) is 18.4 Å². The zero-order valence-electron chi connectivity index (χ0n) is 13.6. The van der Waals surface area contributed by atoms with Crippen molar-refractivity contribution in [2.75, 3.05) is 0 Å². The van der Waals surface area contributed by atoms with Crippen molar-refractivity contribution in [3.63, 3.8) is 0 Å². The maximum Gasteiger partial charge on any atom is 0.417 e. The zero-order valence-corrected chi connectivity index (χ0v) is 13.6. The number of nitriles is 1. The molecule has 0 atom stereocenters. The fourth-order valence-electron chi connectivity index (χ4n) is 2.58. The highest BCUT2D eigenvalue weighted by molar-refractivity contribution is 5.73. The van der Waals surface area contributed by atoms with Crippen LogP contribution in [-0.4, -0.2) is 9.97 Å². The summed E-state index contributed by atoms with van der Waals surface area (Å²) >= 11 is 0. The monoisotopic (exact) mass is 355 g/mol. The van der Waals surface area contributed by atoms with Gasteiger partial charge in [0.1, 0.15) is 11.6 Å². The Bertz CT molecular complexity index is 1040. The van der Waals surface area contributed by atoms with Crippen LogP contribution in [-0.2, 0) is 6.18 Å². The number of H-pyrrole nitrogens is 1. The Morgan fingerprint density at radius 3 is 2.27 bits per heavy atom. The molecule has 2 heterocycles. The highest BCUT2D eigenvalue weighted by Gasteiger charge is 2.30. The Kier molecular flexibility index (Phi) is 4.34. The third-order valence-corrected chi connectivity index (χ3v) is 3.86. The molecule has 0 saturated heterocycles. The highest BCUT2D eigenvalue weighted by atomic mass is 19.4. The molecule has 0 amide bonds. The van der Waals surface area contributed by atoms with Gasteiger partial charge in [-0.15, -0.1) is 0 Å². The van der Waals surface area contributed by atoms with Crippen LogP contribution in [0, 0.1) is 18.3 Å². The Balaban J connectivity index is 1.98. The average molecular weight is 355 g/mol. The fourth-order valence-corrected chi connectivity index (χ4v) is 2.58. The van der Waals surface area contributed by atoms with Gasteiger partial charge in [-0.3, -0.25) is 9.78 Å². The number of aromatic nitrogens is 2. The quantitative estimate of drug-likeness (QED) is 0.745. The van der Waals surface area contributed by atoms with Gasteiger partial charge in [0.2, 0.25) is 0 Å². The van der Waals surface area contributed by atoms with Gasteiger partial charge in [-0.05, 0) is 30.7 Å². The van der Waals surface area contributed by atoms with Crippen LogP contribution in [0.5, 0.6) is 0 Å². The van der Waals surface area contributed by atoms with E-state index in [1.165, 1.54) is 6.07 Å². The van der Waals surface area contributed by atoms with Crippen molar-refractivity contribution < 1.29 is 13.2 Å². The number of benzene rings is 1. The van der Waals surface area contributed by atoms with Crippen LogP contribution in [0.4, 0.5) is 13.2 Å². The molecule has 0 saturated carbocycles. The fraction of sp³-hybridized carbons (Fsp3) is 0.105. The third kappa shape index (κ3) is 3.35. The Morgan fingerprint density at radius 1 is 1.08 bits per heavy atom. The van der Waals surface area contributed by atoms with Gasteiger partial charge in [-0.25, -0.2) is 0 Å². The molecule has 2 aromatic heterocycles. The standard InChI is InChI=1S/C19H12F3N3O/c1-11-8-15(16(9-23)18(26)25-11)12-2-4-13(5-3-12)17-7-6-14(10-24-17)19(20,21)22/h2-8,10H,1H3,(H,25,26). The SMILES string of the molecule is Cc1cc(-c2ccc(-c3ccc(C(F)(F)F)cn3)cc2)c(C#N)c(=O)[nH]1. The number of pyridine rings is 2. The Labute approximate surface area is 146 Å². The van der Waals surface area contributed by atoms with E-state index in [4.69, 9.17) is 0 Å². The van der Waals surface area contributed by atoms with E-state index in [-0.39, 0.29) is 5.56 Å². The normalized spacial score (nSPS) is 11.2. The predicted octanol–water partition coefficient (Wildman–Crippen LogP) is 4.30. The van der Waals surface area contributed by atoms with Crippen LogP contribution in [0.1, 0.15) is 16.8 Å². The second kappa shape index (κ2) is 6.48. The number of nitrogens with zero attached hydrogens (tertiary/aromatic N) is 2. The molecule has 3 rings (SSSR count). The maximum atomic E-state index is 12.6. The molecule has 4 nitrogen and oxygen atoms in total. The van der Waals surface area contributed by atoms with Crippen LogP contribution < -0.4 is 5.56 Å². The first-order valence-corrected chi connectivity index (χ1v) is 7.57. The minimum atomic E-state index is -4.43. The first-order chi connectivity index (χ1) is 12.3. The van der Waals surface area contributed by atoms with Gasteiger partial charge < -0.3 is 4.98 Å². The molecule has 130 valence electrons. The molecule has 1 N–H and O–H groups in total. The number of hydrogen-bond donors (Lipinski definition) is 1. The van der Waals surface area contributed by atoms with Crippen LogP contribution in [0.2, 0.25) is 0 Å². The lowest BCUT2D eigenvalue weighted by Gasteiger charge is -2.08. The number of hydrogen-bond acceptors (Lipinski definition) is 3. The largest absolute Gasteiger partial charge is 0.417 e. The van der Waals surface area contributed by atoms with Crippen molar-refractivity contribution in [2.45, 2.75) is 13.1 Å². The molecular weight excluding hydrogens is 343 g/mol. The minimum absolute atomic E-state index is 0.0102. The maximum absolute atomic E-state index is 12.6. The van der Waals surface area contributed by atoms with Gasteiger partial charge in [-0.1, -0.05) is 24.3 Å². The summed E-state index contributed by atoms with van der Waals surface area (Å²) in [7, 11) is 0. The zero-order chi connectivity index (χ0) is 18.9. The van der Waals surface area contributed by atoms with E-state index in [2.05, 4.69) is 9.97 Å². The van der Waals surface area contributed by atoms with Crippen LogP contribution in [0.3, 0.4) is 0 Å². The van der Waals surface area contributed by atoms with Crippen LogP contribution in [0.25, 0.3) is 22.4 Å². The Morgan fingerprint density at radius 2 is 1.73 bits per heavy atom.